The highest BCUT2D eigenvalue weighted by atomic mass is 16.5. The Morgan fingerprint density at radius 2 is 2.19 bits per heavy atom. The van der Waals surface area contributed by atoms with Gasteiger partial charge in [-0.1, -0.05) is 0 Å². The van der Waals surface area contributed by atoms with Gasteiger partial charge in [-0.05, 0) is 24.5 Å². The fraction of sp³-hybridized carbons (Fsp3) is 0.292. The molecule has 12 heteroatoms. The molecule has 3 aromatic heterocycles. The Morgan fingerprint density at radius 3 is 2.94 bits per heavy atom. The second-order valence-corrected chi connectivity index (χ2v) is 8.01. The summed E-state index contributed by atoms with van der Waals surface area (Å²) < 4.78 is 6.46. The number of amides is 2. The Labute approximate surface area is 206 Å². The van der Waals surface area contributed by atoms with E-state index in [0.717, 1.165) is 5.56 Å². The van der Waals surface area contributed by atoms with Crippen LogP contribution in [-0.4, -0.2) is 58.6 Å². The summed E-state index contributed by atoms with van der Waals surface area (Å²) in [5.41, 5.74) is 2.10. The summed E-state index contributed by atoms with van der Waals surface area (Å²) in [6.45, 7) is 1.49. The van der Waals surface area contributed by atoms with E-state index in [1.54, 1.807) is 19.4 Å². The number of fused-ring (bicyclic) bond motifs is 1. The van der Waals surface area contributed by atoms with Crippen molar-refractivity contribution < 1.29 is 14.3 Å². The molecular formula is C24H24N8O4. The first-order chi connectivity index (χ1) is 17.5. The van der Waals surface area contributed by atoms with E-state index in [1.165, 1.54) is 28.1 Å². The quantitative estimate of drug-likeness (QED) is 0.357. The number of methoxy groups -OCH3 is 1. The topological polar surface area (TPSA) is 155 Å². The fourth-order valence-corrected chi connectivity index (χ4v) is 3.90. The largest absolute Gasteiger partial charge is 0.383 e. The molecule has 0 aromatic carbocycles. The zero-order valence-electron chi connectivity index (χ0n) is 19.6. The number of carbonyl (C=O) groups excluding carboxylic acids is 2. The number of nitrogens with zero attached hydrogens (tertiary/aromatic N) is 6. The van der Waals surface area contributed by atoms with Crippen molar-refractivity contribution >= 4 is 29.6 Å². The summed E-state index contributed by atoms with van der Waals surface area (Å²) in [4.78, 5) is 51.0. The summed E-state index contributed by atoms with van der Waals surface area (Å²) in [5.74, 6) is 0.647. The van der Waals surface area contributed by atoms with Crippen LogP contribution >= 0.6 is 0 Å². The summed E-state index contributed by atoms with van der Waals surface area (Å²) in [6, 6.07) is 5.00. The smallest absolute Gasteiger partial charge is 0.328 e. The molecule has 2 N–H and O–H groups in total. The predicted molar refractivity (Wildman–Crippen MR) is 131 cm³/mol. The van der Waals surface area contributed by atoms with Gasteiger partial charge < -0.3 is 14.6 Å². The second-order valence-electron chi connectivity index (χ2n) is 8.01. The van der Waals surface area contributed by atoms with Crippen LogP contribution in [0, 0.1) is 11.3 Å². The number of rotatable bonds is 8. The number of hydrogen-bond acceptors (Lipinski definition) is 9. The number of carbonyl (C=O) groups is 2. The van der Waals surface area contributed by atoms with Crippen molar-refractivity contribution in [1.29, 1.82) is 5.26 Å². The van der Waals surface area contributed by atoms with E-state index in [2.05, 4.69) is 31.7 Å². The number of anilines is 3. The van der Waals surface area contributed by atoms with Crippen molar-refractivity contribution in [3.8, 4) is 6.07 Å². The van der Waals surface area contributed by atoms with Crippen LogP contribution in [-0.2, 0) is 17.7 Å². The third-order valence-corrected chi connectivity index (χ3v) is 5.65. The highest BCUT2D eigenvalue weighted by molar-refractivity contribution is 6.01. The van der Waals surface area contributed by atoms with Gasteiger partial charge in [-0.25, -0.2) is 14.8 Å². The number of pyridine rings is 2. The maximum absolute atomic E-state index is 13.2. The molecule has 36 heavy (non-hydrogen) atoms. The standard InChI is InChI=1S/C24H24N8O4/c1-36-8-5-27-19-10-21(28-12-18(19)11-25)30-24(35)32-6-2-3-16-9-17(20(15-33)29-23(16)32)14-31-7-4-26-13-22(31)34/h4,7,9-10,12-13,15H,2-3,5-6,8,14H2,1H3,(H2,27,28,30,35). The van der Waals surface area contributed by atoms with Gasteiger partial charge in [0.15, 0.2) is 6.29 Å². The van der Waals surface area contributed by atoms with Crippen molar-refractivity contribution in [2.75, 3.05) is 42.3 Å². The van der Waals surface area contributed by atoms with Crippen molar-refractivity contribution in [3.63, 3.8) is 0 Å². The average Bonchev–Trinajstić information content (AvgIpc) is 2.89. The van der Waals surface area contributed by atoms with Gasteiger partial charge in [0.2, 0.25) is 0 Å². The molecule has 184 valence electrons. The SMILES string of the molecule is COCCNc1cc(NC(=O)N2CCCc3cc(Cn4ccncc4=O)c(C=O)nc32)ncc1C#N. The minimum atomic E-state index is -0.460. The monoisotopic (exact) mass is 488 g/mol. The van der Waals surface area contributed by atoms with Crippen LogP contribution in [0.15, 0.2) is 41.7 Å². The zero-order chi connectivity index (χ0) is 25.5. The molecule has 0 aliphatic carbocycles. The van der Waals surface area contributed by atoms with E-state index in [0.29, 0.717) is 61.5 Å². The highest BCUT2D eigenvalue weighted by Crippen LogP contribution is 2.28. The Morgan fingerprint density at radius 1 is 1.33 bits per heavy atom. The first kappa shape index (κ1) is 24.5. The molecule has 2 amide bonds. The third-order valence-electron chi connectivity index (χ3n) is 5.65. The van der Waals surface area contributed by atoms with Gasteiger partial charge in [-0.3, -0.25) is 24.8 Å². The Bertz CT molecular complexity index is 1380. The lowest BCUT2D eigenvalue weighted by atomic mass is 10.0. The number of aromatic nitrogens is 4. The third kappa shape index (κ3) is 5.37. The lowest BCUT2D eigenvalue weighted by molar-refractivity contribution is 0.111. The predicted octanol–water partition coefficient (Wildman–Crippen LogP) is 1.81. The number of hydrogen-bond donors (Lipinski definition) is 2. The summed E-state index contributed by atoms with van der Waals surface area (Å²) in [6.07, 6.45) is 7.61. The number of nitriles is 1. The average molecular weight is 489 g/mol. The van der Waals surface area contributed by atoms with Gasteiger partial charge in [-0.15, -0.1) is 0 Å². The normalized spacial score (nSPS) is 12.4. The molecule has 4 heterocycles. The molecule has 4 rings (SSSR count). The lowest BCUT2D eigenvalue weighted by Gasteiger charge is -2.29. The van der Waals surface area contributed by atoms with Crippen LogP contribution < -0.4 is 21.1 Å². The van der Waals surface area contributed by atoms with E-state index >= 15 is 0 Å². The molecule has 0 unspecified atom stereocenters. The van der Waals surface area contributed by atoms with Crippen LogP contribution in [0.5, 0.6) is 0 Å². The van der Waals surface area contributed by atoms with E-state index in [9.17, 15) is 19.6 Å². The molecule has 0 fully saturated rings. The van der Waals surface area contributed by atoms with Crippen LogP contribution in [0.3, 0.4) is 0 Å². The van der Waals surface area contributed by atoms with Crippen LogP contribution in [0.25, 0.3) is 0 Å². The first-order valence-electron chi connectivity index (χ1n) is 11.2. The first-order valence-corrected chi connectivity index (χ1v) is 11.2. The van der Waals surface area contributed by atoms with Gasteiger partial charge in [0.05, 0.1) is 30.6 Å². The Balaban J connectivity index is 1.58. The lowest BCUT2D eigenvalue weighted by Crippen LogP contribution is -2.40. The van der Waals surface area contributed by atoms with Crippen LogP contribution in [0.2, 0.25) is 0 Å². The molecule has 1 aliphatic rings. The Kier molecular flexibility index (Phi) is 7.62. The van der Waals surface area contributed by atoms with Crippen molar-refractivity contribution in [1.82, 2.24) is 19.5 Å². The van der Waals surface area contributed by atoms with Crippen LogP contribution in [0.4, 0.5) is 22.1 Å². The van der Waals surface area contributed by atoms with E-state index in [1.807, 2.05) is 6.07 Å². The highest BCUT2D eigenvalue weighted by Gasteiger charge is 2.26. The second kappa shape index (κ2) is 11.2. The van der Waals surface area contributed by atoms with Gasteiger partial charge >= 0.3 is 6.03 Å². The number of nitrogens with one attached hydrogen (secondary N) is 2. The minimum Gasteiger partial charge on any atom is -0.383 e. The number of aryl methyl sites for hydroxylation is 1. The molecule has 0 radical (unpaired) electrons. The molecule has 0 atom stereocenters. The Hall–Kier alpha value is -4.63. The molecule has 1 aliphatic heterocycles. The van der Waals surface area contributed by atoms with E-state index in [-0.39, 0.29) is 23.6 Å². The molecule has 0 saturated heterocycles. The maximum atomic E-state index is 13.2. The van der Waals surface area contributed by atoms with Gasteiger partial charge in [-0.2, -0.15) is 5.26 Å². The summed E-state index contributed by atoms with van der Waals surface area (Å²) >= 11 is 0. The van der Waals surface area contributed by atoms with Crippen molar-refractivity contribution in [2.24, 2.45) is 0 Å². The zero-order valence-corrected chi connectivity index (χ0v) is 19.6. The summed E-state index contributed by atoms with van der Waals surface area (Å²) in [7, 11) is 1.58. The fourth-order valence-electron chi connectivity index (χ4n) is 3.90. The molecule has 0 spiro atoms. The number of urea groups is 1. The number of aldehydes is 1. The van der Waals surface area contributed by atoms with Crippen LogP contribution in [0.1, 0.15) is 33.6 Å². The minimum absolute atomic E-state index is 0.151. The maximum Gasteiger partial charge on any atom is 0.328 e. The van der Waals surface area contributed by atoms with Gasteiger partial charge in [0, 0.05) is 50.4 Å². The van der Waals surface area contributed by atoms with Gasteiger partial charge in [0.1, 0.15) is 23.4 Å². The van der Waals surface area contributed by atoms with E-state index < -0.39 is 6.03 Å². The molecule has 0 bridgehead atoms. The van der Waals surface area contributed by atoms with Crippen molar-refractivity contribution in [2.45, 2.75) is 19.4 Å². The van der Waals surface area contributed by atoms with E-state index in [4.69, 9.17) is 4.74 Å². The molecular weight excluding hydrogens is 464 g/mol. The number of ether oxygens (including phenoxy) is 1. The molecule has 3 aromatic rings. The van der Waals surface area contributed by atoms with Gasteiger partial charge in [0.25, 0.3) is 5.56 Å². The molecule has 12 nitrogen and oxygen atoms in total. The van der Waals surface area contributed by atoms with Crippen molar-refractivity contribution in [3.05, 3.63) is 69.7 Å². The summed E-state index contributed by atoms with van der Waals surface area (Å²) in [5, 5.41) is 15.2. The molecule has 0 saturated carbocycles.